The molecule has 0 bridgehead atoms. The van der Waals surface area contributed by atoms with Gasteiger partial charge < -0.3 is 10.6 Å². The summed E-state index contributed by atoms with van der Waals surface area (Å²) in [6, 6.07) is 9.83. The molecule has 0 aliphatic carbocycles. The molecule has 3 rings (SSSR count). The Morgan fingerprint density at radius 1 is 1.17 bits per heavy atom. The van der Waals surface area contributed by atoms with E-state index in [-0.39, 0.29) is 5.95 Å². The Bertz CT molecular complexity index is 630. The monoisotopic (exact) mass is 237 g/mol. The van der Waals surface area contributed by atoms with Crippen molar-refractivity contribution in [2.24, 2.45) is 0 Å². The number of nitriles is 1. The maximum atomic E-state index is 8.97. The van der Waals surface area contributed by atoms with Gasteiger partial charge in [0.15, 0.2) is 6.19 Å². The zero-order chi connectivity index (χ0) is 12.5. The molecule has 0 unspecified atom stereocenters. The summed E-state index contributed by atoms with van der Waals surface area (Å²) >= 11 is 0. The highest BCUT2D eigenvalue weighted by atomic mass is 15.2. The molecule has 1 aromatic heterocycles. The first-order valence-electron chi connectivity index (χ1n) is 5.63. The maximum Gasteiger partial charge on any atom is 0.220 e. The van der Waals surface area contributed by atoms with Gasteiger partial charge in [0, 0.05) is 11.1 Å². The van der Waals surface area contributed by atoms with Crippen molar-refractivity contribution < 1.29 is 0 Å². The lowest BCUT2D eigenvalue weighted by Gasteiger charge is -2.07. The number of nitrogens with zero attached hydrogens (tertiary/aromatic N) is 4. The highest BCUT2D eigenvalue weighted by Gasteiger charge is 2.24. The summed E-state index contributed by atoms with van der Waals surface area (Å²) in [6.45, 7) is 1.06. The van der Waals surface area contributed by atoms with E-state index >= 15 is 0 Å². The van der Waals surface area contributed by atoms with E-state index in [2.05, 4.69) is 16.2 Å². The topological polar surface area (TPSA) is 78.8 Å². The van der Waals surface area contributed by atoms with Crippen LogP contribution < -0.4 is 5.73 Å². The van der Waals surface area contributed by atoms with E-state index in [1.165, 1.54) is 0 Å². The fourth-order valence-corrected chi connectivity index (χ4v) is 2.18. The molecule has 1 aromatic carbocycles. The Morgan fingerprint density at radius 2 is 1.94 bits per heavy atom. The summed E-state index contributed by atoms with van der Waals surface area (Å²) in [5.41, 5.74) is 9.41. The van der Waals surface area contributed by atoms with Gasteiger partial charge in [0.05, 0.1) is 24.5 Å². The minimum atomic E-state index is 0.257. The van der Waals surface area contributed by atoms with Crippen molar-refractivity contribution in [3.05, 3.63) is 41.6 Å². The van der Waals surface area contributed by atoms with Gasteiger partial charge in [-0.3, -0.25) is 0 Å². The number of hydrogen-bond acceptors (Lipinski definition) is 5. The zero-order valence-corrected chi connectivity index (χ0v) is 9.67. The summed E-state index contributed by atoms with van der Waals surface area (Å²) in [7, 11) is 0. The van der Waals surface area contributed by atoms with Crippen LogP contribution in [0.4, 0.5) is 5.95 Å². The van der Waals surface area contributed by atoms with E-state index in [1.807, 2.05) is 30.3 Å². The number of anilines is 1. The molecular weight excluding hydrogens is 226 g/mol. The highest BCUT2D eigenvalue weighted by molar-refractivity contribution is 5.65. The van der Waals surface area contributed by atoms with E-state index in [0.29, 0.717) is 13.1 Å². The van der Waals surface area contributed by atoms with Crippen LogP contribution in [-0.4, -0.2) is 14.9 Å². The maximum absolute atomic E-state index is 8.97. The lowest BCUT2D eigenvalue weighted by atomic mass is 10.1. The molecule has 0 radical (unpaired) electrons. The van der Waals surface area contributed by atoms with Gasteiger partial charge in [-0.25, -0.2) is 9.97 Å². The van der Waals surface area contributed by atoms with Crippen molar-refractivity contribution >= 4 is 5.95 Å². The van der Waals surface area contributed by atoms with Crippen molar-refractivity contribution in [3.8, 4) is 17.5 Å². The average molecular weight is 237 g/mol. The van der Waals surface area contributed by atoms with Crippen LogP contribution in [0.5, 0.6) is 0 Å². The molecule has 5 nitrogen and oxygen atoms in total. The van der Waals surface area contributed by atoms with Crippen molar-refractivity contribution in [2.75, 3.05) is 5.73 Å². The molecule has 1 aliphatic rings. The molecule has 0 amide bonds. The summed E-state index contributed by atoms with van der Waals surface area (Å²) in [4.78, 5) is 10.2. The molecule has 18 heavy (non-hydrogen) atoms. The van der Waals surface area contributed by atoms with Crippen LogP contribution in [0.3, 0.4) is 0 Å². The SMILES string of the molecule is N#CN1Cc2nc(N)nc(-c3ccccc3)c2C1. The van der Waals surface area contributed by atoms with Crippen molar-refractivity contribution in [2.45, 2.75) is 13.1 Å². The van der Waals surface area contributed by atoms with Crippen molar-refractivity contribution in [1.29, 1.82) is 5.26 Å². The van der Waals surface area contributed by atoms with Crippen LogP contribution >= 0.6 is 0 Å². The number of benzene rings is 1. The van der Waals surface area contributed by atoms with Crippen LogP contribution in [-0.2, 0) is 13.1 Å². The minimum Gasteiger partial charge on any atom is -0.368 e. The van der Waals surface area contributed by atoms with Crippen molar-refractivity contribution in [3.63, 3.8) is 0 Å². The molecule has 0 atom stereocenters. The second kappa shape index (κ2) is 4.00. The first-order valence-corrected chi connectivity index (χ1v) is 5.63. The summed E-state index contributed by atoms with van der Waals surface area (Å²) in [5.74, 6) is 0.257. The summed E-state index contributed by atoms with van der Waals surface area (Å²) in [5, 5.41) is 8.97. The molecule has 2 N–H and O–H groups in total. The quantitative estimate of drug-likeness (QED) is 0.761. The summed E-state index contributed by atoms with van der Waals surface area (Å²) in [6.07, 6.45) is 2.13. The number of rotatable bonds is 1. The third kappa shape index (κ3) is 1.64. The van der Waals surface area contributed by atoms with Crippen LogP contribution in [0.25, 0.3) is 11.3 Å². The molecule has 88 valence electrons. The number of fused-ring (bicyclic) bond motifs is 1. The number of nitrogen functional groups attached to an aromatic ring is 1. The second-order valence-corrected chi connectivity index (χ2v) is 4.18. The fourth-order valence-electron chi connectivity index (χ4n) is 2.18. The van der Waals surface area contributed by atoms with Gasteiger partial charge in [-0.05, 0) is 0 Å². The second-order valence-electron chi connectivity index (χ2n) is 4.18. The molecule has 0 saturated heterocycles. The molecule has 2 heterocycles. The Kier molecular flexibility index (Phi) is 2.34. The van der Waals surface area contributed by atoms with Gasteiger partial charge in [-0.15, -0.1) is 0 Å². The minimum absolute atomic E-state index is 0.257. The van der Waals surface area contributed by atoms with E-state index in [1.54, 1.807) is 4.90 Å². The van der Waals surface area contributed by atoms with Crippen molar-refractivity contribution in [1.82, 2.24) is 14.9 Å². The zero-order valence-electron chi connectivity index (χ0n) is 9.67. The summed E-state index contributed by atoms with van der Waals surface area (Å²) < 4.78 is 0. The van der Waals surface area contributed by atoms with E-state index in [0.717, 1.165) is 22.5 Å². The molecular formula is C13H11N5. The third-order valence-corrected chi connectivity index (χ3v) is 2.99. The van der Waals surface area contributed by atoms with Gasteiger partial charge in [0.25, 0.3) is 0 Å². The Hall–Kier alpha value is -2.61. The molecule has 0 fully saturated rings. The lowest BCUT2D eigenvalue weighted by molar-refractivity contribution is 0.415. The van der Waals surface area contributed by atoms with Crippen LogP contribution in [0.1, 0.15) is 11.3 Å². The standard InChI is InChI=1S/C13H11N5/c14-8-18-6-10-11(7-18)16-13(15)17-12(10)9-4-2-1-3-5-9/h1-5H,6-7H2,(H2,15,16,17). The van der Waals surface area contributed by atoms with Gasteiger partial charge >= 0.3 is 0 Å². The first kappa shape index (κ1) is 10.5. The van der Waals surface area contributed by atoms with E-state index < -0.39 is 0 Å². The molecule has 2 aromatic rings. The third-order valence-electron chi connectivity index (χ3n) is 2.99. The first-order chi connectivity index (χ1) is 8.78. The van der Waals surface area contributed by atoms with Crippen LogP contribution in [0, 0.1) is 11.5 Å². The largest absolute Gasteiger partial charge is 0.368 e. The molecule has 0 spiro atoms. The predicted octanol–water partition coefficient (Wildman–Crippen LogP) is 1.52. The molecule has 1 aliphatic heterocycles. The normalized spacial score (nSPS) is 13.2. The predicted molar refractivity (Wildman–Crippen MR) is 66.7 cm³/mol. The van der Waals surface area contributed by atoms with Gasteiger partial charge in [-0.2, -0.15) is 5.26 Å². The van der Waals surface area contributed by atoms with E-state index in [9.17, 15) is 0 Å². The van der Waals surface area contributed by atoms with Crippen LogP contribution in [0.2, 0.25) is 0 Å². The Balaban J connectivity index is 2.16. The number of hydrogen-bond donors (Lipinski definition) is 1. The fraction of sp³-hybridized carbons (Fsp3) is 0.154. The number of aromatic nitrogens is 2. The Labute approximate surface area is 105 Å². The van der Waals surface area contributed by atoms with Crippen LogP contribution in [0.15, 0.2) is 30.3 Å². The van der Waals surface area contributed by atoms with Gasteiger partial charge in [0.1, 0.15) is 0 Å². The smallest absolute Gasteiger partial charge is 0.220 e. The molecule has 0 saturated carbocycles. The van der Waals surface area contributed by atoms with Gasteiger partial charge in [0.2, 0.25) is 5.95 Å². The van der Waals surface area contributed by atoms with E-state index in [4.69, 9.17) is 11.0 Å². The Morgan fingerprint density at radius 3 is 2.67 bits per heavy atom. The van der Waals surface area contributed by atoms with Gasteiger partial charge in [-0.1, -0.05) is 30.3 Å². The number of nitrogens with two attached hydrogens (primary N) is 1. The molecule has 5 heteroatoms. The highest BCUT2D eigenvalue weighted by Crippen LogP contribution is 2.30. The average Bonchev–Trinajstić information content (AvgIpc) is 2.81. The lowest BCUT2D eigenvalue weighted by Crippen LogP contribution is -2.07.